The molecule has 1 atom stereocenters. The summed E-state index contributed by atoms with van der Waals surface area (Å²) in [7, 11) is 0. The summed E-state index contributed by atoms with van der Waals surface area (Å²) in [5, 5.41) is 0. The highest BCUT2D eigenvalue weighted by Gasteiger charge is 2.12. The van der Waals surface area contributed by atoms with E-state index in [-0.39, 0.29) is 0 Å². The van der Waals surface area contributed by atoms with E-state index in [1.54, 1.807) is 0 Å². The third-order valence-electron chi connectivity index (χ3n) is 5.29. The summed E-state index contributed by atoms with van der Waals surface area (Å²) in [5.41, 5.74) is 6.53. The molecule has 1 unspecified atom stereocenters. The van der Waals surface area contributed by atoms with E-state index in [9.17, 15) is 0 Å². The van der Waals surface area contributed by atoms with Gasteiger partial charge >= 0.3 is 0 Å². The molecule has 0 radical (unpaired) electrons. The van der Waals surface area contributed by atoms with E-state index >= 15 is 0 Å². The zero-order chi connectivity index (χ0) is 18.2. The second-order valence-corrected chi connectivity index (χ2v) is 7.40. The van der Waals surface area contributed by atoms with E-state index in [0.29, 0.717) is 0 Å². The van der Waals surface area contributed by atoms with Crippen molar-refractivity contribution in [1.29, 1.82) is 0 Å². The van der Waals surface area contributed by atoms with Gasteiger partial charge in [0.15, 0.2) is 0 Å². The van der Waals surface area contributed by atoms with Crippen LogP contribution in [-0.2, 0) is 6.42 Å². The van der Waals surface area contributed by atoms with Crippen molar-refractivity contribution in [2.24, 2.45) is 5.92 Å². The first-order valence-corrected chi connectivity index (χ1v) is 10.2. The van der Waals surface area contributed by atoms with E-state index in [0.717, 1.165) is 30.7 Å². The van der Waals surface area contributed by atoms with Gasteiger partial charge in [-0.2, -0.15) is 0 Å². The van der Waals surface area contributed by atoms with Gasteiger partial charge in [-0.25, -0.2) is 0 Å². The van der Waals surface area contributed by atoms with Gasteiger partial charge in [0.05, 0.1) is 0 Å². The fraction of sp³-hybridized carbons (Fsp3) is 0.385. The maximum Gasteiger partial charge on any atom is 0.0252 e. The first-order chi connectivity index (χ1) is 12.8. The van der Waals surface area contributed by atoms with Crippen LogP contribution < -0.4 is 0 Å². The first-order valence-electron chi connectivity index (χ1n) is 10.2. The SMILES string of the molecule is CCCc1cc(C#CC2=CCC(CCC)CC2)ccc1-c1ccccc1. The van der Waals surface area contributed by atoms with Gasteiger partial charge in [0.2, 0.25) is 0 Å². The standard InChI is InChI=1S/C26H30/c1-3-8-21-12-14-22(15-13-21)16-17-23-18-19-26(25(20-23)9-4-2)24-10-6-5-7-11-24/h5-7,10-11,14,18-21H,3-4,8-9,12-13,15H2,1-2H3. The highest BCUT2D eigenvalue weighted by Crippen LogP contribution is 2.27. The summed E-state index contributed by atoms with van der Waals surface area (Å²) in [5.74, 6) is 7.74. The van der Waals surface area contributed by atoms with Crippen LogP contribution >= 0.6 is 0 Å². The Labute approximate surface area is 159 Å². The highest BCUT2D eigenvalue weighted by molar-refractivity contribution is 5.68. The molecule has 0 heteroatoms. The van der Waals surface area contributed by atoms with Crippen molar-refractivity contribution < 1.29 is 0 Å². The fourth-order valence-electron chi connectivity index (χ4n) is 3.87. The Morgan fingerprint density at radius 2 is 1.81 bits per heavy atom. The van der Waals surface area contributed by atoms with E-state index in [2.05, 4.69) is 80.3 Å². The molecule has 0 heterocycles. The molecule has 0 bridgehead atoms. The molecule has 0 spiro atoms. The average molecular weight is 343 g/mol. The van der Waals surface area contributed by atoms with E-state index < -0.39 is 0 Å². The Kier molecular flexibility index (Phi) is 6.73. The molecule has 1 aliphatic rings. The molecule has 0 aliphatic heterocycles. The number of aryl methyl sites for hydroxylation is 1. The third-order valence-corrected chi connectivity index (χ3v) is 5.29. The van der Waals surface area contributed by atoms with Crippen LogP contribution in [0.5, 0.6) is 0 Å². The van der Waals surface area contributed by atoms with Gasteiger partial charge in [-0.1, -0.05) is 87.4 Å². The van der Waals surface area contributed by atoms with Gasteiger partial charge in [0.1, 0.15) is 0 Å². The number of allylic oxidation sites excluding steroid dienone is 2. The molecular formula is C26H30. The van der Waals surface area contributed by atoms with Crippen LogP contribution in [0.25, 0.3) is 11.1 Å². The predicted molar refractivity (Wildman–Crippen MR) is 113 cm³/mol. The monoisotopic (exact) mass is 342 g/mol. The Morgan fingerprint density at radius 1 is 0.962 bits per heavy atom. The lowest BCUT2D eigenvalue weighted by atomic mass is 9.87. The van der Waals surface area contributed by atoms with Crippen molar-refractivity contribution >= 4 is 0 Å². The van der Waals surface area contributed by atoms with Crippen LogP contribution in [0, 0.1) is 17.8 Å². The van der Waals surface area contributed by atoms with Crippen LogP contribution in [0.1, 0.15) is 63.5 Å². The largest absolute Gasteiger partial charge is 0.0726 e. The number of hydrogen-bond donors (Lipinski definition) is 0. The number of hydrogen-bond acceptors (Lipinski definition) is 0. The maximum atomic E-state index is 3.44. The first kappa shape index (κ1) is 18.5. The van der Waals surface area contributed by atoms with Crippen LogP contribution in [0.3, 0.4) is 0 Å². The Bertz CT molecular complexity index is 799. The van der Waals surface area contributed by atoms with Gasteiger partial charge in [-0.05, 0) is 66.0 Å². The maximum absolute atomic E-state index is 3.44. The predicted octanol–water partition coefficient (Wildman–Crippen LogP) is 7.18. The number of benzene rings is 2. The topological polar surface area (TPSA) is 0 Å². The molecule has 2 aromatic carbocycles. The summed E-state index contributed by atoms with van der Waals surface area (Å²) in [6.07, 6.45) is 11.0. The van der Waals surface area contributed by atoms with E-state index in [1.807, 2.05) is 0 Å². The zero-order valence-corrected chi connectivity index (χ0v) is 16.2. The van der Waals surface area contributed by atoms with Gasteiger partial charge in [-0.15, -0.1) is 0 Å². The second-order valence-electron chi connectivity index (χ2n) is 7.40. The van der Waals surface area contributed by atoms with Crippen LogP contribution in [0.15, 0.2) is 60.2 Å². The summed E-state index contributed by atoms with van der Waals surface area (Å²) in [6, 6.07) is 17.4. The Morgan fingerprint density at radius 3 is 2.50 bits per heavy atom. The minimum absolute atomic E-state index is 0.881. The summed E-state index contributed by atoms with van der Waals surface area (Å²) >= 11 is 0. The Balaban J connectivity index is 1.79. The lowest BCUT2D eigenvalue weighted by Crippen LogP contribution is -2.04. The van der Waals surface area contributed by atoms with Crippen LogP contribution in [0.2, 0.25) is 0 Å². The average Bonchev–Trinajstić information content (AvgIpc) is 2.69. The van der Waals surface area contributed by atoms with Crippen molar-refractivity contribution in [2.75, 3.05) is 0 Å². The van der Waals surface area contributed by atoms with Crippen molar-refractivity contribution in [1.82, 2.24) is 0 Å². The van der Waals surface area contributed by atoms with Gasteiger partial charge in [-0.3, -0.25) is 0 Å². The van der Waals surface area contributed by atoms with Crippen molar-refractivity contribution in [3.8, 4) is 23.0 Å². The molecular weight excluding hydrogens is 312 g/mol. The van der Waals surface area contributed by atoms with E-state index in [4.69, 9.17) is 0 Å². The molecule has 0 saturated carbocycles. The molecule has 2 aromatic rings. The van der Waals surface area contributed by atoms with Crippen LogP contribution in [-0.4, -0.2) is 0 Å². The molecule has 0 fully saturated rings. The molecule has 134 valence electrons. The van der Waals surface area contributed by atoms with Crippen LogP contribution in [0.4, 0.5) is 0 Å². The van der Waals surface area contributed by atoms with Crippen molar-refractivity contribution in [3.63, 3.8) is 0 Å². The van der Waals surface area contributed by atoms with Gasteiger partial charge in [0.25, 0.3) is 0 Å². The molecule has 26 heavy (non-hydrogen) atoms. The van der Waals surface area contributed by atoms with Gasteiger partial charge < -0.3 is 0 Å². The molecule has 1 aliphatic carbocycles. The lowest BCUT2D eigenvalue weighted by molar-refractivity contribution is 0.436. The Hall–Kier alpha value is -2.26. The smallest absolute Gasteiger partial charge is 0.0252 e. The quantitative estimate of drug-likeness (QED) is 0.505. The molecule has 0 amide bonds. The molecule has 3 rings (SSSR count). The molecule has 0 nitrogen and oxygen atoms in total. The second kappa shape index (κ2) is 9.44. The summed E-state index contributed by atoms with van der Waals surface area (Å²) < 4.78 is 0. The summed E-state index contributed by atoms with van der Waals surface area (Å²) in [4.78, 5) is 0. The van der Waals surface area contributed by atoms with Crippen molar-refractivity contribution in [3.05, 3.63) is 71.3 Å². The minimum atomic E-state index is 0.881. The highest BCUT2D eigenvalue weighted by atomic mass is 14.2. The van der Waals surface area contributed by atoms with E-state index in [1.165, 1.54) is 47.9 Å². The molecule has 0 N–H and O–H groups in total. The molecule has 0 aromatic heterocycles. The summed E-state index contributed by atoms with van der Waals surface area (Å²) in [6.45, 7) is 4.53. The third kappa shape index (κ3) is 4.89. The lowest BCUT2D eigenvalue weighted by Gasteiger charge is -2.18. The van der Waals surface area contributed by atoms with Gasteiger partial charge in [0, 0.05) is 5.56 Å². The number of rotatable bonds is 5. The fourth-order valence-corrected chi connectivity index (χ4v) is 3.87. The normalized spacial score (nSPS) is 16.5. The molecule has 0 saturated heterocycles. The minimum Gasteiger partial charge on any atom is -0.0726 e. The zero-order valence-electron chi connectivity index (χ0n) is 16.2. The van der Waals surface area contributed by atoms with Crippen molar-refractivity contribution in [2.45, 2.75) is 58.8 Å².